The molecule has 10 aromatic rings. The smallest absolute Gasteiger partial charge is 0.0547 e. The molecule has 0 unspecified atom stereocenters. The lowest BCUT2D eigenvalue weighted by Gasteiger charge is -2.13. The second-order valence-corrected chi connectivity index (χ2v) is 14.4. The van der Waals surface area contributed by atoms with Crippen LogP contribution in [0.2, 0.25) is 0 Å². The van der Waals surface area contributed by atoms with Gasteiger partial charge in [-0.3, -0.25) is 0 Å². The number of hydrogen-bond donors (Lipinski definition) is 0. The van der Waals surface area contributed by atoms with Crippen molar-refractivity contribution in [1.29, 1.82) is 0 Å². The number of fused-ring (bicyclic) bond motifs is 11. The largest absolute Gasteiger partial charge is 0.309 e. The lowest BCUT2D eigenvalue weighted by Crippen LogP contribution is -1.94. The monoisotopic (exact) mass is 651 g/mol. The third-order valence-electron chi connectivity index (χ3n) is 10.9. The van der Waals surface area contributed by atoms with E-state index in [-0.39, 0.29) is 0 Å². The third kappa shape index (κ3) is 3.56. The number of thiophene rings is 1. The van der Waals surface area contributed by atoms with Crippen molar-refractivity contribution in [2.45, 2.75) is 0 Å². The fourth-order valence-electron chi connectivity index (χ4n) is 8.82. The maximum Gasteiger partial charge on any atom is 0.0547 e. The summed E-state index contributed by atoms with van der Waals surface area (Å²) in [5, 5.41) is 13.1. The van der Waals surface area contributed by atoms with Gasteiger partial charge in [-0.05, 0) is 102 Å². The number of aromatic nitrogens is 1. The van der Waals surface area contributed by atoms with E-state index in [2.05, 4.69) is 157 Å². The summed E-state index contributed by atoms with van der Waals surface area (Å²) < 4.78 is 5.11. The van der Waals surface area contributed by atoms with Crippen LogP contribution in [0.5, 0.6) is 0 Å². The van der Waals surface area contributed by atoms with E-state index >= 15 is 0 Å². The topological polar surface area (TPSA) is 4.93 Å². The van der Waals surface area contributed by atoms with Crippen LogP contribution in [-0.4, -0.2) is 4.57 Å². The summed E-state index contributed by atoms with van der Waals surface area (Å²) in [4.78, 5) is 0. The summed E-state index contributed by atoms with van der Waals surface area (Å²) in [6.07, 6.45) is 3.92. The van der Waals surface area contributed by atoms with Gasteiger partial charge in [0.05, 0.1) is 11.0 Å². The zero-order chi connectivity index (χ0) is 33.1. The Kier molecular flexibility index (Phi) is 5.62. The normalized spacial score (nSPS) is 12.9. The van der Waals surface area contributed by atoms with Crippen molar-refractivity contribution in [3.8, 4) is 16.8 Å². The minimum atomic E-state index is 1.15. The Morgan fingerprint density at radius 2 is 1.10 bits per heavy atom. The van der Waals surface area contributed by atoms with Crippen molar-refractivity contribution in [1.82, 2.24) is 4.57 Å². The van der Waals surface area contributed by atoms with Crippen molar-refractivity contribution < 1.29 is 0 Å². The molecule has 50 heavy (non-hydrogen) atoms. The van der Waals surface area contributed by atoms with E-state index in [1.54, 1.807) is 0 Å². The highest BCUT2D eigenvalue weighted by molar-refractivity contribution is 7.26. The van der Waals surface area contributed by atoms with Gasteiger partial charge in [-0.1, -0.05) is 128 Å². The summed E-state index contributed by atoms with van der Waals surface area (Å²) >= 11 is 1.89. The van der Waals surface area contributed by atoms with Crippen molar-refractivity contribution in [3.05, 3.63) is 176 Å². The van der Waals surface area contributed by atoms with Gasteiger partial charge in [0.15, 0.2) is 0 Å². The predicted octanol–water partition coefficient (Wildman–Crippen LogP) is 13.9. The van der Waals surface area contributed by atoms with Crippen LogP contribution in [0, 0.1) is 0 Å². The second-order valence-electron chi connectivity index (χ2n) is 13.3. The van der Waals surface area contributed by atoms with E-state index in [1.807, 2.05) is 23.5 Å². The molecule has 1 nitrogen and oxygen atoms in total. The molecule has 1 aliphatic carbocycles. The van der Waals surface area contributed by atoms with Gasteiger partial charge < -0.3 is 4.57 Å². The van der Waals surface area contributed by atoms with Crippen LogP contribution < -0.4 is 0 Å². The van der Waals surface area contributed by atoms with Gasteiger partial charge in [0, 0.05) is 36.6 Å². The highest BCUT2D eigenvalue weighted by atomic mass is 32.1. The first-order valence-corrected chi connectivity index (χ1v) is 17.9. The molecule has 2 heteroatoms. The van der Waals surface area contributed by atoms with Crippen molar-refractivity contribution in [2.75, 3.05) is 0 Å². The van der Waals surface area contributed by atoms with E-state index in [0.29, 0.717) is 0 Å². The van der Waals surface area contributed by atoms with Crippen molar-refractivity contribution >= 4 is 96.8 Å². The number of allylic oxidation sites excluding steroid dienone is 4. The molecule has 2 heterocycles. The lowest BCUT2D eigenvalue weighted by atomic mass is 9.93. The van der Waals surface area contributed by atoms with Crippen LogP contribution in [0.1, 0.15) is 11.1 Å². The molecule has 2 aromatic heterocycles. The van der Waals surface area contributed by atoms with Crippen LogP contribution in [0.4, 0.5) is 0 Å². The maximum absolute atomic E-state index is 4.11. The molecule has 0 atom stereocenters. The molecule has 0 aliphatic heterocycles. The molecule has 232 valence electrons. The molecule has 8 aromatic carbocycles. The lowest BCUT2D eigenvalue weighted by molar-refractivity contribution is 1.18. The van der Waals surface area contributed by atoms with Gasteiger partial charge in [-0.15, -0.1) is 11.3 Å². The van der Waals surface area contributed by atoms with Gasteiger partial charge >= 0.3 is 0 Å². The minimum absolute atomic E-state index is 1.15. The molecule has 0 bridgehead atoms. The van der Waals surface area contributed by atoms with Crippen LogP contribution in [0.15, 0.2) is 165 Å². The molecule has 11 rings (SSSR count). The zero-order valence-electron chi connectivity index (χ0n) is 27.2. The molecule has 0 amide bonds. The summed E-state index contributed by atoms with van der Waals surface area (Å²) in [6, 6.07) is 51.8. The van der Waals surface area contributed by atoms with E-state index < -0.39 is 0 Å². The molecule has 0 N–H and O–H groups in total. The minimum Gasteiger partial charge on any atom is -0.309 e. The van der Waals surface area contributed by atoms with Crippen LogP contribution >= 0.6 is 11.3 Å². The Balaban J connectivity index is 1.12. The highest BCUT2D eigenvalue weighted by Gasteiger charge is 2.23. The third-order valence-corrected chi connectivity index (χ3v) is 12.0. The Labute approximate surface area is 292 Å². The van der Waals surface area contributed by atoms with Gasteiger partial charge in [-0.25, -0.2) is 0 Å². The average molecular weight is 652 g/mol. The van der Waals surface area contributed by atoms with E-state index in [9.17, 15) is 0 Å². The first-order valence-electron chi connectivity index (χ1n) is 17.1. The molecular weight excluding hydrogens is 623 g/mol. The highest BCUT2D eigenvalue weighted by Crippen LogP contribution is 2.47. The van der Waals surface area contributed by atoms with E-state index in [1.165, 1.54) is 96.5 Å². The van der Waals surface area contributed by atoms with Gasteiger partial charge in [-0.2, -0.15) is 0 Å². The van der Waals surface area contributed by atoms with Crippen molar-refractivity contribution in [3.63, 3.8) is 0 Å². The van der Waals surface area contributed by atoms with E-state index in [0.717, 1.165) is 16.8 Å². The van der Waals surface area contributed by atoms with Gasteiger partial charge in [0.25, 0.3) is 0 Å². The fourth-order valence-corrected chi connectivity index (χ4v) is 9.93. The molecule has 0 saturated heterocycles. The van der Waals surface area contributed by atoms with Crippen LogP contribution in [0.25, 0.3) is 102 Å². The average Bonchev–Trinajstić information content (AvgIpc) is 3.83. The fraction of sp³-hybridized carbons (Fsp3) is 0. The van der Waals surface area contributed by atoms with E-state index in [4.69, 9.17) is 0 Å². The zero-order valence-corrected chi connectivity index (χ0v) is 28.0. The Morgan fingerprint density at radius 1 is 0.420 bits per heavy atom. The van der Waals surface area contributed by atoms with Gasteiger partial charge in [0.1, 0.15) is 0 Å². The summed E-state index contributed by atoms with van der Waals surface area (Å²) in [6.45, 7) is 8.22. The number of nitrogens with zero attached hydrogens (tertiary/aromatic N) is 1. The van der Waals surface area contributed by atoms with Crippen LogP contribution in [0.3, 0.4) is 0 Å². The van der Waals surface area contributed by atoms with Crippen molar-refractivity contribution in [2.24, 2.45) is 0 Å². The molecule has 0 saturated carbocycles. The summed E-state index contributed by atoms with van der Waals surface area (Å²) in [5.74, 6) is 0. The first kappa shape index (κ1) is 27.7. The molecule has 0 radical (unpaired) electrons. The molecule has 1 aliphatic rings. The van der Waals surface area contributed by atoms with Gasteiger partial charge in [0.2, 0.25) is 0 Å². The molecule has 0 spiro atoms. The second kappa shape index (κ2) is 10.1. The standard InChI is InChI=1S/C48H29NS/c1-3-31-32(4-2)36-24-23-33(35-13-9-12-34(31)46(35)36)28-16-20-30(21-17-28)49-41-14-7-5-10-39(41)47-38-22-18-29-19-27-44-48(40-11-6-8-15-43(40)50-44)45(29)37(38)25-26-42(47)49/h3-27H,1-2H2. The Morgan fingerprint density at radius 3 is 1.94 bits per heavy atom. The number of hydrogen-bond acceptors (Lipinski definition) is 1. The molecular formula is C48H29NS. The Bertz CT molecular complexity index is 3140. The SMILES string of the molecule is C=CC1=C(C=C)c2ccc(-c3ccc(-n4c5ccccc5c5c6ccc7ccc8sc9ccccc9c8c7c6ccc54)cc3)c3cccc1c23. The number of para-hydroxylation sites is 1. The summed E-state index contributed by atoms with van der Waals surface area (Å²) in [7, 11) is 0. The Hall–Kier alpha value is -6.22. The van der Waals surface area contributed by atoms with Crippen LogP contribution in [-0.2, 0) is 0 Å². The number of rotatable bonds is 4. The predicted molar refractivity (Wildman–Crippen MR) is 219 cm³/mol. The quantitative estimate of drug-likeness (QED) is 0.167. The first-order chi connectivity index (χ1) is 24.7. The maximum atomic E-state index is 4.11. The number of benzene rings is 8. The summed E-state index contributed by atoms with van der Waals surface area (Å²) in [5.41, 5.74) is 10.8. The molecule has 0 fully saturated rings.